The summed E-state index contributed by atoms with van der Waals surface area (Å²) in [5.41, 5.74) is 1.84. The summed E-state index contributed by atoms with van der Waals surface area (Å²) in [6, 6.07) is 11.4. The molecule has 6 heteroatoms. The van der Waals surface area contributed by atoms with Gasteiger partial charge in [-0.05, 0) is 29.6 Å². The Kier molecular flexibility index (Phi) is 4.37. The molecule has 110 valence electrons. The molecule has 5 nitrogen and oxygen atoms in total. The van der Waals surface area contributed by atoms with E-state index in [-0.39, 0.29) is 6.03 Å². The number of thiophene rings is 1. The van der Waals surface area contributed by atoms with Gasteiger partial charge in [-0.25, -0.2) is 4.79 Å². The molecule has 0 aliphatic carbocycles. The molecule has 2 amide bonds. The van der Waals surface area contributed by atoms with Crippen LogP contribution >= 0.6 is 11.3 Å². The van der Waals surface area contributed by atoms with Crippen molar-refractivity contribution in [1.82, 2.24) is 0 Å². The van der Waals surface area contributed by atoms with Crippen LogP contribution in [0.3, 0.4) is 0 Å². The SMILES string of the molecule is O=C(Nc1cccs1)Nc1ccccc1N1CCOCC1. The van der Waals surface area contributed by atoms with E-state index in [1.165, 1.54) is 11.3 Å². The Morgan fingerprint density at radius 1 is 1.10 bits per heavy atom. The largest absolute Gasteiger partial charge is 0.378 e. The number of para-hydroxylation sites is 2. The third-order valence-electron chi connectivity index (χ3n) is 3.26. The first-order chi connectivity index (χ1) is 10.3. The number of hydrogen-bond donors (Lipinski definition) is 2. The number of urea groups is 1. The van der Waals surface area contributed by atoms with Crippen LogP contribution in [0, 0.1) is 0 Å². The van der Waals surface area contributed by atoms with Crippen LogP contribution in [0.4, 0.5) is 21.2 Å². The van der Waals surface area contributed by atoms with E-state index >= 15 is 0 Å². The van der Waals surface area contributed by atoms with Crippen LogP contribution in [-0.4, -0.2) is 32.3 Å². The molecule has 0 spiro atoms. The van der Waals surface area contributed by atoms with Gasteiger partial charge in [0.15, 0.2) is 0 Å². The molecule has 1 saturated heterocycles. The maximum atomic E-state index is 12.1. The second-order valence-corrected chi connectivity index (χ2v) is 5.62. The molecule has 1 aliphatic heterocycles. The minimum absolute atomic E-state index is 0.224. The van der Waals surface area contributed by atoms with Crippen LogP contribution in [0.5, 0.6) is 0 Å². The van der Waals surface area contributed by atoms with Crippen LogP contribution in [0.15, 0.2) is 41.8 Å². The van der Waals surface area contributed by atoms with Crippen LogP contribution in [0.1, 0.15) is 0 Å². The third-order valence-corrected chi connectivity index (χ3v) is 4.05. The molecule has 1 aromatic carbocycles. The van der Waals surface area contributed by atoms with Crippen LogP contribution in [-0.2, 0) is 4.74 Å². The van der Waals surface area contributed by atoms with E-state index in [4.69, 9.17) is 4.74 Å². The molecular weight excluding hydrogens is 286 g/mol. The summed E-state index contributed by atoms with van der Waals surface area (Å²) in [5, 5.41) is 8.50. The van der Waals surface area contributed by atoms with Gasteiger partial charge in [0.2, 0.25) is 0 Å². The molecule has 2 N–H and O–H groups in total. The molecular formula is C15H17N3O2S. The molecule has 1 fully saturated rings. The van der Waals surface area contributed by atoms with Gasteiger partial charge in [0.25, 0.3) is 0 Å². The Morgan fingerprint density at radius 3 is 2.67 bits per heavy atom. The van der Waals surface area contributed by atoms with E-state index in [1.807, 2.05) is 41.8 Å². The normalized spacial score (nSPS) is 14.8. The monoisotopic (exact) mass is 303 g/mol. The van der Waals surface area contributed by atoms with E-state index in [1.54, 1.807) is 0 Å². The molecule has 2 aromatic rings. The minimum atomic E-state index is -0.224. The predicted molar refractivity (Wildman–Crippen MR) is 86.4 cm³/mol. The predicted octanol–water partition coefficient (Wildman–Crippen LogP) is 3.23. The van der Waals surface area contributed by atoms with Gasteiger partial charge < -0.3 is 15.0 Å². The smallest absolute Gasteiger partial charge is 0.324 e. The Bertz CT molecular complexity index is 595. The van der Waals surface area contributed by atoms with Crippen molar-refractivity contribution >= 4 is 33.7 Å². The van der Waals surface area contributed by atoms with Crippen LogP contribution in [0.2, 0.25) is 0 Å². The second kappa shape index (κ2) is 6.60. The molecule has 1 aliphatic rings. The lowest BCUT2D eigenvalue weighted by atomic mass is 10.2. The van der Waals surface area contributed by atoms with Crippen molar-refractivity contribution in [2.45, 2.75) is 0 Å². The first kappa shape index (κ1) is 13.9. The summed E-state index contributed by atoms with van der Waals surface area (Å²) < 4.78 is 5.37. The van der Waals surface area contributed by atoms with Gasteiger partial charge in [-0.15, -0.1) is 11.3 Å². The number of nitrogens with zero attached hydrogens (tertiary/aromatic N) is 1. The zero-order valence-electron chi connectivity index (χ0n) is 11.5. The standard InChI is InChI=1S/C15H17N3O2S/c19-15(17-14-6-3-11-21-14)16-12-4-1-2-5-13(12)18-7-9-20-10-8-18/h1-6,11H,7-10H2,(H2,16,17,19). The number of hydrogen-bond acceptors (Lipinski definition) is 4. The number of rotatable bonds is 3. The maximum absolute atomic E-state index is 12.1. The highest BCUT2D eigenvalue weighted by Gasteiger charge is 2.15. The summed E-state index contributed by atoms with van der Waals surface area (Å²) in [6.07, 6.45) is 0. The van der Waals surface area contributed by atoms with Crippen molar-refractivity contribution in [2.24, 2.45) is 0 Å². The summed E-state index contributed by atoms with van der Waals surface area (Å²) >= 11 is 1.50. The van der Waals surface area contributed by atoms with Crippen molar-refractivity contribution in [3.63, 3.8) is 0 Å². The zero-order chi connectivity index (χ0) is 14.5. The third kappa shape index (κ3) is 3.53. The van der Waals surface area contributed by atoms with Gasteiger partial charge in [0.1, 0.15) is 0 Å². The second-order valence-electron chi connectivity index (χ2n) is 4.67. The average Bonchev–Trinajstić information content (AvgIpc) is 3.01. The number of ether oxygens (including phenoxy) is 1. The summed E-state index contributed by atoms with van der Waals surface area (Å²) in [4.78, 5) is 14.3. The number of amides is 2. The van der Waals surface area contributed by atoms with Gasteiger partial charge >= 0.3 is 6.03 Å². The van der Waals surface area contributed by atoms with Gasteiger partial charge in [0.05, 0.1) is 29.6 Å². The van der Waals surface area contributed by atoms with E-state index in [9.17, 15) is 4.79 Å². The fourth-order valence-corrected chi connectivity index (χ4v) is 2.89. The lowest BCUT2D eigenvalue weighted by molar-refractivity contribution is 0.123. The minimum Gasteiger partial charge on any atom is -0.378 e. The summed E-state index contributed by atoms with van der Waals surface area (Å²) in [6.45, 7) is 3.11. The van der Waals surface area contributed by atoms with E-state index in [0.717, 1.165) is 42.7 Å². The average molecular weight is 303 g/mol. The Labute approximate surface area is 127 Å². The van der Waals surface area contributed by atoms with E-state index in [0.29, 0.717) is 0 Å². The number of anilines is 3. The van der Waals surface area contributed by atoms with Gasteiger partial charge in [-0.1, -0.05) is 12.1 Å². The van der Waals surface area contributed by atoms with E-state index < -0.39 is 0 Å². The van der Waals surface area contributed by atoms with Gasteiger partial charge in [0, 0.05) is 13.1 Å². The highest BCUT2D eigenvalue weighted by Crippen LogP contribution is 2.26. The highest BCUT2D eigenvalue weighted by molar-refractivity contribution is 7.14. The topological polar surface area (TPSA) is 53.6 Å². The lowest BCUT2D eigenvalue weighted by Gasteiger charge is -2.30. The van der Waals surface area contributed by atoms with Gasteiger partial charge in [-0.3, -0.25) is 5.32 Å². The van der Waals surface area contributed by atoms with E-state index in [2.05, 4.69) is 15.5 Å². The lowest BCUT2D eigenvalue weighted by Crippen LogP contribution is -2.36. The molecule has 0 saturated carbocycles. The summed E-state index contributed by atoms with van der Waals surface area (Å²) in [7, 11) is 0. The first-order valence-corrected chi connectivity index (χ1v) is 7.74. The van der Waals surface area contributed by atoms with Crippen molar-refractivity contribution in [2.75, 3.05) is 41.8 Å². The number of nitrogens with one attached hydrogen (secondary N) is 2. The van der Waals surface area contributed by atoms with Crippen LogP contribution in [0.25, 0.3) is 0 Å². The molecule has 21 heavy (non-hydrogen) atoms. The Hall–Kier alpha value is -2.05. The van der Waals surface area contributed by atoms with Crippen molar-refractivity contribution in [3.05, 3.63) is 41.8 Å². The molecule has 1 aromatic heterocycles. The highest BCUT2D eigenvalue weighted by atomic mass is 32.1. The molecule has 2 heterocycles. The molecule has 0 atom stereocenters. The first-order valence-electron chi connectivity index (χ1n) is 6.86. The fourth-order valence-electron chi connectivity index (χ4n) is 2.27. The molecule has 0 bridgehead atoms. The van der Waals surface area contributed by atoms with Crippen molar-refractivity contribution in [1.29, 1.82) is 0 Å². The zero-order valence-corrected chi connectivity index (χ0v) is 12.4. The molecule has 0 unspecified atom stereocenters. The Balaban J connectivity index is 1.71. The fraction of sp³-hybridized carbons (Fsp3) is 0.267. The number of morpholine rings is 1. The van der Waals surface area contributed by atoms with Crippen molar-refractivity contribution < 1.29 is 9.53 Å². The number of carbonyl (C=O) groups excluding carboxylic acids is 1. The van der Waals surface area contributed by atoms with Gasteiger partial charge in [-0.2, -0.15) is 0 Å². The Morgan fingerprint density at radius 2 is 1.90 bits per heavy atom. The molecule has 3 rings (SSSR count). The summed E-state index contributed by atoms with van der Waals surface area (Å²) in [5.74, 6) is 0. The quantitative estimate of drug-likeness (QED) is 0.915. The number of carbonyl (C=O) groups is 1. The maximum Gasteiger partial charge on any atom is 0.324 e. The number of benzene rings is 1. The van der Waals surface area contributed by atoms with Crippen molar-refractivity contribution in [3.8, 4) is 0 Å². The van der Waals surface area contributed by atoms with Crippen LogP contribution < -0.4 is 15.5 Å². The molecule has 0 radical (unpaired) electrons.